The Hall–Kier alpha value is -2.80. The van der Waals surface area contributed by atoms with Gasteiger partial charge in [-0.3, -0.25) is 4.68 Å². The van der Waals surface area contributed by atoms with E-state index in [1.807, 2.05) is 31.6 Å². The molecular formula is C19H23N5O2. The van der Waals surface area contributed by atoms with Crippen molar-refractivity contribution in [2.75, 3.05) is 31.7 Å². The summed E-state index contributed by atoms with van der Waals surface area (Å²) in [6, 6.07) is 3.99. The zero-order valence-electron chi connectivity index (χ0n) is 15.1. The van der Waals surface area contributed by atoms with Gasteiger partial charge in [0.2, 0.25) is 5.95 Å². The van der Waals surface area contributed by atoms with E-state index < -0.39 is 0 Å². The van der Waals surface area contributed by atoms with Crippen molar-refractivity contribution in [2.45, 2.75) is 12.8 Å². The van der Waals surface area contributed by atoms with Crippen LogP contribution < -0.4 is 9.64 Å². The summed E-state index contributed by atoms with van der Waals surface area (Å²) in [4.78, 5) is 10.5. The van der Waals surface area contributed by atoms with Crippen molar-refractivity contribution in [3.8, 4) is 16.9 Å². The third-order valence-corrected chi connectivity index (χ3v) is 4.87. The molecule has 136 valence electrons. The lowest BCUT2D eigenvalue weighted by Crippen LogP contribution is -2.29. The number of hydrogen-bond donors (Lipinski definition) is 2. The number of aliphatic hydroxyl groups is 1. The van der Waals surface area contributed by atoms with Crippen molar-refractivity contribution < 1.29 is 9.84 Å². The Labute approximate surface area is 151 Å². The molecule has 1 aromatic carbocycles. The Kier molecular flexibility index (Phi) is 4.38. The maximum atomic E-state index is 9.10. The van der Waals surface area contributed by atoms with Crippen molar-refractivity contribution in [2.24, 2.45) is 7.05 Å². The van der Waals surface area contributed by atoms with Gasteiger partial charge in [-0.2, -0.15) is 5.10 Å². The van der Waals surface area contributed by atoms with E-state index in [9.17, 15) is 0 Å². The molecule has 1 aliphatic rings. The SMILES string of the molecule is COc1ccc(-c2cnn(C)c2)c2nc(N3CC=C(CCO)CC3)[nH]c12. The molecule has 0 atom stereocenters. The van der Waals surface area contributed by atoms with E-state index in [0.29, 0.717) is 0 Å². The summed E-state index contributed by atoms with van der Waals surface area (Å²) in [5.41, 5.74) is 5.16. The standard InChI is InChI=1S/C19H23N5O2/c1-23-12-14(11-20-23)15-3-4-16(26-2)18-17(15)21-19(22-18)24-8-5-13(6-9-24)7-10-25/h3-5,11-12,25H,6-10H2,1-2H3,(H,21,22). The van der Waals surface area contributed by atoms with E-state index in [1.165, 1.54) is 5.57 Å². The molecule has 2 aromatic heterocycles. The van der Waals surface area contributed by atoms with Crippen LogP contribution >= 0.6 is 0 Å². The molecule has 2 N–H and O–H groups in total. The van der Waals surface area contributed by atoms with E-state index in [4.69, 9.17) is 14.8 Å². The van der Waals surface area contributed by atoms with Crippen LogP contribution in [0.1, 0.15) is 12.8 Å². The highest BCUT2D eigenvalue weighted by molar-refractivity contribution is 5.96. The molecule has 0 unspecified atom stereocenters. The summed E-state index contributed by atoms with van der Waals surface area (Å²) in [5.74, 6) is 1.62. The van der Waals surface area contributed by atoms with Crippen molar-refractivity contribution in [3.63, 3.8) is 0 Å². The minimum absolute atomic E-state index is 0.210. The van der Waals surface area contributed by atoms with Crippen LogP contribution in [0.2, 0.25) is 0 Å². The second-order valence-corrected chi connectivity index (χ2v) is 6.53. The summed E-state index contributed by atoms with van der Waals surface area (Å²) < 4.78 is 7.31. The van der Waals surface area contributed by atoms with Gasteiger partial charge in [0.25, 0.3) is 0 Å². The Morgan fingerprint density at radius 1 is 1.35 bits per heavy atom. The number of rotatable bonds is 5. The van der Waals surface area contributed by atoms with E-state index >= 15 is 0 Å². The highest BCUT2D eigenvalue weighted by Crippen LogP contribution is 2.34. The molecule has 7 heteroatoms. The van der Waals surface area contributed by atoms with Gasteiger partial charge < -0.3 is 19.7 Å². The van der Waals surface area contributed by atoms with Gasteiger partial charge in [-0.25, -0.2) is 4.98 Å². The summed E-state index contributed by atoms with van der Waals surface area (Å²) >= 11 is 0. The van der Waals surface area contributed by atoms with E-state index in [1.54, 1.807) is 11.8 Å². The van der Waals surface area contributed by atoms with Crippen molar-refractivity contribution in [1.29, 1.82) is 0 Å². The van der Waals surface area contributed by atoms with E-state index in [0.717, 1.165) is 59.8 Å². The fourth-order valence-electron chi connectivity index (χ4n) is 3.44. The maximum Gasteiger partial charge on any atom is 0.204 e. The number of nitrogens with one attached hydrogen (secondary N) is 1. The smallest absolute Gasteiger partial charge is 0.204 e. The first-order chi connectivity index (χ1) is 12.7. The molecule has 0 amide bonds. The first kappa shape index (κ1) is 16.7. The number of aromatic nitrogens is 4. The maximum absolute atomic E-state index is 9.10. The number of ether oxygens (including phenoxy) is 1. The molecule has 0 aliphatic carbocycles. The van der Waals surface area contributed by atoms with Gasteiger partial charge in [0.1, 0.15) is 16.8 Å². The molecule has 1 aliphatic heterocycles. The van der Waals surface area contributed by atoms with Crippen LogP contribution in [-0.4, -0.2) is 51.7 Å². The Morgan fingerprint density at radius 2 is 2.23 bits per heavy atom. The molecule has 3 heterocycles. The second kappa shape index (κ2) is 6.84. The predicted molar refractivity (Wildman–Crippen MR) is 101 cm³/mol. The number of aromatic amines is 1. The number of methoxy groups -OCH3 is 1. The number of H-pyrrole nitrogens is 1. The normalized spacial score (nSPS) is 14.7. The molecule has 4 rings (SSSR count). The number of hydrogen-bond acceptors (Lipinski definition) is 5. The van der Waals surface area contributed by atoms with Crippen LogP contribution in [0.3, 0.4) is 0 Å². The molecule has 26 heavy (non-hydrogen) atoms. The Morgan fingerprint density at radius 3 is 2.88 bits per heavy atom. The van der Waals surface area contributed by atoms with Gasteiger partial charge in [0.05, 0.1) is 13.3 Å². The third kappa shape index (κ3) is 2.94. The minimum atomic E-state index is 0.210. The van der Waals surface area contributed by atoms with Gasteiger partial charge >= 0.3 is 0 Å². The third-order valence-electron chi connectivity index (χ3n) is 4.87. The van der Waals surface area contributed by atoms with Gasteiger partial charge in [0.15, 0.2) is 0 Å². The zero-order valence-corrected chi connectivity index (χ0v) is 15.1. The lowest BCUT2D eigenvalue weighted by Gasteiger charge is -2.25. The van der Waals surface area contributed by atoms with Crippen molar-refractivity contribution >= 4 is 17.0 Å². The number of imidazole rings is 1. The number of aryl methyl sites for hydroxylation is 1. The van der Waals surface area contributed by atoms with Crippen LogP contribution in [0.4, 0.5) is 5.95 Å². The average molecular weight is 353 g/mol. The highest BCUT2D eigenvalue weighted by Gasteiger charge is 2.19. The lowest BCUT2D eigenvalue weighted by molar-refractivity contribution is 0.297. The van der Waals surface area contributed by atoms with Crippen molar-refractivity contribution in [1.82, 2.24) is 19.7 Å². The fourth-order valence-corrected chi connectivity index (χ4v) is 3.44. The summed E-state index contributed by atoms with van der Waals surface area (Å²) in [5, 5.41) is 13.4. The average Bonchev–Trinajstić information content (AvgIpc) is 3.28. The van der Waals surface area contributed by atoms with Gasteiger partial charge in [-0.1, -0.05) is 11.6 Å². The van der Waals surface area contributed by atoms with Gasteiger partial charge in [-0.15, -0.1) is 0 Å². The monoisotopic (exact) mass is 353 g/mol. The minimum Gasteiger partial charge on any atom is -0.494 e. The largest absolute Gasteiger partial charge is 0.494 e. The first-order valence-electron chi connectivity index (χ1n) is 8.79. The number of anilines is 1. The zero-order chi connectivity index (χ0) is 18.1. The molecule has 0 saturated carbocycles. The van der Waals surface area contributed by atoms with Crippen LogP contribution in [0.15, 0.2) is 36.2 Å². The molecule has 0 spiro atoms. The van der Waals surface area contributed by atoms with Crippen LogP contribution in [0, 0.1) is 0 Å². The Balaban J connectivity index is 1.74. The molecule has 3 aromatic rings. The number of fused-ring (bicyclic) bond motifs is 1. The van der Waals surface area contributed by atoms with Crippen LogP contribution in [-0.2, 0) is 7.05 Å². The van der Waals surface area contributed by atoms with Crippen LogP contribution in [0.25, 0.3) is 22.2 Å². The van der Waals surface area contributed by atoms with E-state index in [-0.39, 0.29) is 6.61 Å². The molecule has 0 radical (unpaired) electrons. The molecule has 0 bridgehead atoms. The summed E-state index contributed by atoms with van der Waals surface area (Å²) in [7, 11) is 3.58. The quantitative estimate of drug-likeness (QED) is 0.689. The summed E-state index contributed by atoms with van der Waals surface area (Å²) in [6.45, 7) is 1.89. The number of aliphatic hydroxyl groups excluding tert-OH is 1. The fraction of sp³-hybridized carbons (Fsp3) is 0.368. The molecule has 0 fully saturated rings. The summed E-state index contributed by atoms with van der Waals surface area (Å²) in [6.07, 6.45) is 7.73. The lowest BCUT2D eigenvalue weighted by atomic mass is 10.1. The highest BCUT2D eigenvalue weighted by atomic mass is 16.5. The number of nitrogens with zero attached hydrogens (tertiary/aromatic N) is 4. The van der Waals surface area contributed by atoms with Gasteiger partial charge in [-0.05, 0) is 25.0 Å². The van der Waals surface area contributed by atoms with E-state index in [2.05, 4.69) is 21.1 Å². The topological polar surface area (TPSA) is 79.2 Å². The predicted octanol–water partition coefficient (Wildman–Crippen LogP) is 2.49. The van der Waals surface area contributed by atoms with Crippen molar-refractivity contribution in [3.05, 3.63) is 36.2 Å². The second-order valence-electron chi connectivity index (χ2n) is 6.53. The van der Waals surface area contributed by atoms with Gasteiger partial charge in [0, 0.05) is 44.1 Å². The molecule has 7 nitrogen and oxygen atoms in total. The number of benzene rings is 1. The molecule has 0 saturated heterocycles. The molecular weight excluding hydrogens is 330 g/mol. The van der Waals surface area contributed by atoms with Crippen LogP contribution in [0.5, 0.6) is 5.75 Å². The Bertz CT molecular complexity index is 956. The first-order valence-corrected chi connectivity index (χ1v) is 8.79.